The van der Waals surface area contributed by atoms with Crippen LogP contribution in [0.1, 0.15) is 5.56 Å². The van der Waals surface area contributed by atoms with E-state index in [9.17, 15) is 0 Å². The molecule has 0 saturated carbocycles. The van der Waals surface area contributed by atoms with E-state index in [1.165, 1.54) is 5.56 Å². The normalized spacial score (nSPS) is 12.6. The summed E-state index contributed by atoms with van der Waals surface area (Å²) in [7, 11) is 3.14. The highest BCUT2D eigenvalue weighted by Gasteiger charge is 2.22. The summed E-state index contributed by atoms with van der Waals surface area (Å²) in [5, 5.41) is 12.0. The number of para-hydroxylation sites is 1. The number of hydrogen-bond acceptors (Lipinski definition) is 7. The molecule has 138 valence electrons. The highest BCUT2D eigenvalue weighted by molar-refractivity contribution is 6.32. The molecule has 8 heteroatoms. The van der Waals surface area contributed by atoms with Gasteiger partial charge < -0.3 is 19.7 Å². The monoisotopic (exact) mass is 383 g/mol. The lowest BCUT2D eigenvalue weighted by molar-refractivity contribution is 0.405. The van der Waals surface area contributed by atoms with Gasteiger partial charge in [-0.25, -0.2) is 0 Å². The summed E-state index contributed by atoms with van der Waals surface area (Å²) in [5.41, 5.74) is 3.07. The van der Waals surface area contributed by atoms with Crippen LogP contribution in [0.5, 0.6) is 11.5 Å². The lowest BCUT2D eigenvalue weighted by Gasteiger charge is -2.18. The van der Waals surface area contributed by atoms with Crippen molar-refractivity contribution in [3.63, 3.8) is 0 Å². The summed E-state index contributed by atoms with van der Waals surface area (Å²) in [4.78, 5) is 6.68. The molecule has 0 amide bonds. The van der Waals surface area contributed by atoms with Gasteiger partial charge in [-0.3, -0.25) is 0 Å². The summed E-state index contributed by atoms with van der Waals surface area (Å²) in [6.07, 6.45) is 2.52. The number of hydrogen-bond donors (Lipinski definition) is 1. The summed E-state index contributed by atoms with van der Waals surface area (Å²) in [6.45, 7) is 0.822. The van der Waals surface area contributed by atoms with Gasteiger partial charge >= 0.3 is 0 Å². The lowest BCUT2D eigenvalue weighted by atomic mass is 10.2. The number of anilines is 4. The molecule has 4 rings (SSSR count). The first kappa shape index (κ1) is 17.4. The second-order valence-corrected chi connectivity index (χ2v) is 6.39. The third-order valence-corrected chi connectivity index (χ3v) is 4.71. The molecular formula is C19H18ClN5O2. The number of aromatic nitrogens is 3. The standard InChI is InChI=1S/C19H18ClN5O2/c1-26-16-10-14(17(27-2)9-13(16)20)22-18-11-21-24-19(23-18)25-8-7-12-5-3-4-6-15(12)25/h3-6,9-11H,7-8H2,1-2H3,(H,22,23,24). The molecule has 0 unspecified atom stereocenters. The van der Waals surface area contributed by atoms with Gasteiger partial charge in [-0.15, -0.1) is 5.10 Å². The van der Waals surface area contributed by atoms with Crippen LogP contribution in [0.3, 0.4) is 0 Å². The van der Waals surface area contributed by atoms with Crippen LogP contribution in [-0.4, -0.2) is 35.9 Å². The van der Waals surface area contributed by atoms with E-state index >= 15 is 0 Å². The molecule has 1 aliphatic heterocycles. The SMILES string of the molecule is COc1cc(Nc2cnnc(N3CCc4ccccc43)n2)c(OC)cc1Cl. The highest BCUT2D eigenvalue weighted by Crippen LogP contribution is 2.37. The maximum absolute atomic E-state index is 6.17. The summed E-state index contributed by atoms with van der Waals surface area (Å²) < 4.78 is 10.7. The molecule has 7 nitrogen and oxygen atoms in total. The zero-order chi connectivity index (χ0) is 18.8. The smallest absolute Gasteiger partial charge is 0.251 e. The third-order valence-electron chi connectivity index (χ3n) is 4.41. The predicted molar refractivity (Wildman–Crippen MR) is 105 cm³/mol. The van der Waals surface area contributed by atoms with Crippen molar-refractivity contribution in [2.24, 2.45) is 0 Å². The number of rotatable bonds is 5. The van der Waals surface area contributed by atoms with Crippen molar-refractivity contribution in [2.75, 3.05) is 31.0 Å². The summed E-state index contributed by atoms with van der Waals surface area (Å²) >= 11 is 6.17. The van der Waals surface area contributed by atoms with Crippen LogP contribution in [-0.2, 0) is 6.42 Å². The van der Waals surface area contributed by atoms with Gasteiger partial charge in [-0.1, -0.05) is 29.8 Å². The minimum atomic E-state index is 0.468. The maximum atomic E-state index is 6.17. The van der Waals surface area contributed by atoms with Crippen molar-refractivity contribution < 1.29 is 9.47 Å². The molecule has 2 heterocycles. The van der Waals surface area contributed by atoms with Crippen LogP contribution in [0.4, 0.5) is 23.1 Å². The van der Waals surface area contributed by atoms with Gasteiger partial charge in [0.1, 0.15) is 11.5 Å². The van der Waals surface area contributed by atoms with Gasteiger partial charge in [0, 0.05) is 24.4 Å². The van der Waals surface area contributed by atoms with Crippen LogP contribution in [0, 0.1) is 0 Å². The number of halogens is 1. The fourth-order valence-corrected chi connectivity index (χ4v) is 3.34. The van der Waals surface area contributed by atoms with Gasteiger partial charge in [0.25, 0.3) is 5.95 Å². The number of fused-ring (bicyclic) bond motifs is 1. The van der Waals surface area contributed by atoms with Gasteiger partial charge in [-0.2, -0.15) is 10.1 Å². The van der Waals surface area contributed by atoms with E-state index in [-0.39, 0.29) is 0 Å². The fourth-order valence-electron chi connectivity index (χ4n) is 3.11. The molecule has 0 atom stereocenters. The van der Waals surface area contributed by atoms with Crippen molar-refractivity contribution in [3.05, 3.63) is 53.2 Å². The van der Waals surface area contributed by atoms with E-state index in [0.29, 0.717) is 34.0 Å². The minimum Gasteiger partial charge on any atom is -0.495 e. The largest absolute Gasteiger partial charge is 0.495 e. The van der Waals surface area contributed by atoms with Gasteiger partial charge in [-0.05, 0) is 18.1 Å². The Morgan fingerprint density at radius 3 is 2.74 bits per heavy atom. The molecule has 1 N–H and O–H groups in total. The Hall–Kier alpha value is -3.06. The molecule has 0 bridgehead atoms. The Balaban J connectivity index is 1.65. The first-order valence-electron chi connectivity index (χ1n) is 8.43. The Morgan fingerprint density at radius 1 is 1.11 bits per heavy atom. The highest BCUT2D eigenvalue weighted by atomic mass is 35.5. The average Bonchev–Trinajstić information content (AvgIpc) is 3.13. The van der Waals surface area contributed by atoms with E-state index in [4.69, 9.17) is 21.1 Å². The first-order valence-corrected chi connectivity index (χ1v) is 8.81. The molecule has 1 aliphatic rings. The molecule has 0 radical (unpaired) electrons. The van der Waals surface area contributed by atoms with Crippen LogP contribution in [0.15, 0.2) is 42.6 Å². The van der Waals surface area contributed by atoms with Crippen LogP contribution in [0.25, 0.3) is 0 Å². The number of nitrogens with zero attached hydrogens (tertiary/aromatic N) is 4. The summed E-state index contributed by atoms with van der Waals surface area (Å²) in [5.74, 6) is 2.21. The Labute approximate surface area is 161 Å². The number of benzene rings is 2. The van der Waals surface area contributed by atoms with Crippen LogP contribution < -0.4 is 19.7 Å². The second-order valence-electron chi connectivity index (χ2n) is 5.98. The molecule has 0 fully saturated rings. The Bertz CT molecular complexity index is 982. The average molecular weight is 384 g/mol. The zero-order valence-corrected chi connectivity index (χ0v) is 15.7. The van der Waals surface area contributed by atoms with Gasteiger partial charge in [0.15, 0.2) is 5.82 Å². The van der Waals surface area contributed by atoms with Crippen molar-refractivity contribution in [1.82, 2.24) is 15.2 Å². The van der Waals surface area contributed by atoms with Gasteiger partial charge in [0.2, 0.25) is 0 Å². The molecule has 0 aliphatic carbocycles. The Morgan fingerprint density at radius 2 is 1.93 bits per heavy atom. The number of nitrogens with one attached hydrogen (secondary N) is 1. The molecular weight excluding hydrogens is 366 g/mol. The maximum Gasteiger partial charge on any atom is 0.251 e. The molecule has 3 aromatic rings. The van der Waals surface area contributed by atoms with Crippen LogP contribution in [0.2, 0.25) is 5.02 Å². The minimum absolute atomic E-state index is 0.468. The second kappa shape index (κ2) is 7.28. The van der Waals surface area contributed by atoms with E-state index in [2.05, 4.69) is 37.5 Å². The van der Waals surface area contributed by atoms with E-state index in [1.54, 1.807) is 32.5 Å². The van der Waals surface area contributed by atoms with Crippen molar-refractivity contribution in [1.29, 1.82) is 0 Å². The van der Waals surface area contributed by atoms with Crippen molar-refractivity contribution >= 4 is 34.7 Å². The van der Waals surface area contributed by atoms with Crippen molar-refractivity contribution in [2.45, 2.75) is 6.42 Å². The number of methoxy groups -OCH3 is 2. The zero-order valence-electron chi connectivity index (χ0n) is 14.9. The van der Waals surface area contributed by atoms with E-state index < -0.39 is 0 Å². The van der Waals surface area contributed by atoms with Gasteiger partial charge in [0.05, 0.1) is 31.1 Å². The first-order chi connectivity index (χ1) is 13.2. The summed E-state index contributed by atoms with van der Waals surface area (Å²) in [6, 6.07) is 11.7. The topological polar surface area (TPSA) is 72.4 Å². The van der Waals surface area contributed by atoms with E-state index in [1.807, 2.05) is 12.1 Å². The third kappa shape index (κ3) is 3.33. The lowest BCUT2D eigenvalue weighted by Crippen LogP contribution is -2.17. The quantitative estimate of drug-likeness (QED) is 0.714. The van der Waals surface area contributed by atoms with E-state index in [0.717, 1.165) is 18.7 Å². The molecule has 2 aromatic carbocycles. The van der Waals surface area contributed by atoms with Crippen LogP contribution >= 0.6 is 11.6 Å². The molecule has 0 spiro atoms. The van der Waals surface area contributed by atoms with Crippen molar-refractivity contribution in [3.8, 4) is 11.5 Å². The predicted octanol–water partition coefficient (Wildman–Crippen LogP) is 3.98. The Kier molecular flexibility index (Phi) is 4.68. The number of ether oxygens (including phenoxy) is 2. The molecule has 1 aromatic heterocycles. The molecule has 27 heavy (non-hydrogen) atoms. The fraction of sp³-hybridized carbons (Fsp3) is 0.211. The molecule has 0 saturated heterocycles.